The average Bonchev–Trinajstić information content (AvgIpc) is 3.30. The topological polar surface area (TPSA) is 41.6 Å². The van der Waals surface area contributed by atoms with Gasteiger partial charge in [-0.2, -0.15) is 0 Å². The van der Waals surface area contributed by atoms with Gasteiger partial charge in [-0.1, -0.05) is 6.07 Å². The van der Waals surface area contributed by atoms with Crippen LogP contribution in [0.25, 0.3) is 0 Å². The molecule has 1 aliphatic carbocycles. The van der Waals surface area contributed by atoms with Crippen molar-refractivity contribution in [3.05, 3.63) is 46.2 Å². The zero-order valence-corrected chi connectivity index (χ0v) is 14.6. The van der Waals surface area contributed by atoms with E-state index in [0.717, 1.165) is 44.1 Å². The fraction of sp³-hybridized carbons (Fsp3) is 0.421. The second-order valence-corrected chi connectivity index (χ2v) is 7.86. The Labute approximate surface area is 146 Å². The number of benzene rings is 1. The van der Waals surface area contributed by atoms with Crippen molar-refractivity contribution in [2.24, 2.45) is 5.92 Å². The molecule has 1 N–H and O–H groups in total. The number of nitrogens with zero attached hydrogens (tertiary/aromatic N) is 1. The van der Waals surface area contributed by atoms with Crippen LogP contribution in [0.3, 0.4) is 0 Å². The first-order valence-corrected chi connectivity index (χ1v) is 9.32. The first-order chi connectivity index (χ1) is 11.7. The highest BCUT2D eigenvalue weighted by Gasteiger charge is 2.44. The van der Waals surface area contributed by atoms with Crippen LogP contribution in [-0.2, 0) is 9.53 Å². The highest BCUT2D eigenvalue weighted by Crippen LogP contribution is 2.50. The van der Waals surface area contributed by atoms with E-state index in [-0.39, 0.29) is 11.8 Å². The number of thiophene rings is 1. The van der Waals surface area contributed by atoms with Gasteiger partial charge in [0, 0.05) is 46.1 Å². The fourth-order valence-electron chi connectivity index (χ4n) is 3.29. The third-order valence-corrected chi connectivity index (χ3v) is 5.88. The first-order valence-electron chi connectivity index (χ1n) is 8.51. The van der Waals surface area contributed by atoms with Gasteiger partial charge in [0.05, 0.1) is 13.2 Å². The number of morpholine rings is 1. The van der Waals surface area contributed by atoms with Crippen LogP contribution in [0.15, 0.2) is 36.4 Å². The van der Waals surface area contributed by atoms with E-state index in [9.17, 15) is 4.79 Å². The van der Waals surface area contributed by atoms with Crippen LogP contribution < -0.4 is 10.2 Å². The smallest absolute Gasteiger partial charge is 0.228 e. The van der Waals surface area contributed by atoms with Gasteiger partial charge in [-0.3, -0.25) is 4.79 Å². The molecule has 0 radical (unpaired) electrons. The van der Waals surface area contributed by atoms with E-state index in [1.54, 1.807) is 0 Å². The molecular formula is C19H22N2O2S. The van der Waals surface area contributed by atoms with Gasteiger partial charge in [-0.25, -0.2) is 0 Å². The Balaban J connectivity index is 1.39. The summed E-state index contributed by atoms with van der Waals surface area (Å²) in [5.41, 5.74) is 2.04. The minimum atomic E-state index is 0.120. The van der Waals surface area contributed by atoms with Gasteiger partial charge >= 0.3 is 0 Å². The Kier molecular flexibility index (Phi) is 4.29. The van der Waals surface area contributed by atoms with E-state index in [0.29, 0.717) is 5.92 Å². The Morgan fingerprint density at radius 2 is 2.08 bits per heavy atom. The van der Waals surface area contributed by atoms with E-state index in [1.807, 2.05) is 23.5 Å². The van der Waals surface area contributed by atoms with Gasteiger partial charge in [0.25, 0.3) is 0 Å². The molecule has 0 unspecified atom stereocenters. The molecule has 4 nitrogen and oxygen atoms in total. The van der Waals surface area contributed by atoms with Crippen molar-refractivity contribution in [2.45, 2.75) is 19.3 Å². The Morgan fingerprint density at radius 1 is 1.25 bits per heavy atom. The van der Waals surface area contributed by atoms with Gasteiger partial charge in [-0.15, -0.1) is 11.3 Å². The van der Waals surface area contributed by atoms with Crippen LogP contribution in [0.1, 0.15) is 22.1 Å². The van der Waals surface area contributed by atoms with Crippen molar-refractivity contribution < 1.29 is 9.53 Å². The van der Waals surface area contributed by atoms with Crippen molar-refractivity contribution in [1.29, 1.82) is 0 Å². The van der Waals surface area contributed by atoms with Crippen LogP contribution in [0.5, 0.6) is 0 Å². The zero-order chi connectivity index (χ0) is 16.5. The average molecular weight is 342 g/mol. The molecule has 2 heterocycles. The maximum Gasteiger partial charge on any atom is 0.228 e. The largest absolute Gasteiger partial charge is 0.378 e. The van der Waals surface area contributed by atoms with Gasteiger partial charge in [0.2, 0.25) is 5.91 Å². The molecule has 1 amide bonds. The number of rotatable bonds is 4. The number of aryl methyl sites for hydroxylation is 1. The van der Waals surface area contributed by atoms with Crippen LogP contribution in [0.4, 0.5) is 11.4 Å². The number of anilines is 2. The molecular weight excluding hydrogens is 320 g/mol. The molecule has 2 fully saturated rings. The molecule has 126 valence electrons. The molecule has 1 aromatic heterocycles. The summed E-state index contributed by atoms with van der Waals surface area (Å²) in [6.45, 7) is 5.45. The summed E-state index contributed by atoms with van der Waals surface area (Å²) >= 11 is 1.81. The fourth-order valence-corrected chi connectivity index (χ4v) is 4.34. The van der Waals surface area contributed by atoms with E-state index in [2.05, 4.69) is 41.4 Å². The third kappa shape index (κ3) is 3.32. The SMILES string of the molecule is Cc1ccc([C@H]2C[C@@H]2C(=O)Nc2cccc(N3CCOCC3)c2)s1. The lowest BCUT2D eigenvalue weighted by atomic mass is 10.2. The van der Waals surface area contributed by atoms with Crippen LogP contribution in [-0.4, -0.2) is 32.2 Å². The normalized spacial score (nSPS) is 23.1. The van der Waals surface area contributed by atoms with Crippen LogP contribution >= 0.6 is 11.3 Å². The highest BCUT2D eigenvalue weighted by molar-refractivity contribution is 7.12. The monoisotopic (exact) mass is 342 g/mol. The van der Waals surface area contributed by atoms with E-state index in [1.165, 1.54) is 9.75 Å². The molecule has 2 atom stereocenters. The first kappa shape index (κ1) is 15.7. The van der Waals surface area contributed by atoms with Crippen molar-refractivity contribution in [2.75, 3.05) is 36.5 Å². The molecule has 0 bridgehead atoms. The number of hydrogen-bond acceptors (Lipinski definition) is 4. The highest BCUT2D eigenvalue weighted by atomic mass is 32.1. The molecule has 24 heavy (non-hydrogen) atoms. The van der Waals surface area contributed by atoms with Gasteiger partial charge < -0.3 is 15.0 Å². The second kappa shape index (κ2) is 6.57. The van der Waals surface area contributed by atoms with Crippen molar-refractivity contribution in [1.82, 2.24) is 0 Å². The maximum atomic E-state index is 12.5. The van der Waals surface area contributed by atoms with Crippen molar-refractivity contribution >= 4 is 28.6 Å². The summed E-state index contributed by atoms with van der Waals surface area (Å²) in [7, 11) is 0. The summed E-state index contributed by atoms with van der Waals surface area (Å²) in [6, 6.07) is 12.4. The number of carbonyl (C=O) groups is 1. The predicted molar refractivity (Wildman–Crippen MR) is 98.0 cm³/mol. The molecule has 0 spiro atoms. The van der Waals surface area contributed by atoms with Crippen molar-refractivity contribution in [3.8, 4) is 0 Å². The zero-order valence-electron chi connectivity index (χ0n) is 13.8. The number of ether oxygens (including phenoxy) is 1. The minimum Gasteiger partial charge on any atom is -0.378 e. The minimum absolute atomic E-state index is 0.120. The Bertz CT molecular complexity index is 736. The maximum absolute atomic E-state index is 12.5. The van der Waals surface area contributed by atoms with Crippen LogP contribution in [0.2, 0.25) is 0 Å². The summed E-state index contributed by atoms with van der Waals surface area (Å²) < 4.78 is 5.40. The summed E-state index contributed by atoms with van der Waals surface area (Å²) in [5, 5.41) is 3.10. The second-order valence-electron chi connectivity index (χ2n) is 6.54. The quantitative estimate of drug-likeness (QED) is 0.922. The molecule has 5 heteroatoms. The predicted octanol–water partition coefficient (Wildman–Crippen LogP) is 3.64. The molecule has 1 saturated heterocycles. The van der Waals surface area contributed by atoms with Gasteiger partial charge in [-0.05, 0) is 43.7 Å². The standard InChI is InChI=1S/C19H22N2O2S/c1-13-5-6-18(24-13)16-12-17(16)19(22)20-14-3-2-4-15(11-14)21-7-9-23-10-8-21/h2-6,11,16-17H,7-10,12H2,1H3,(H,20,22)/t16-,17-/m0/s1. The number of amides is 1. The number of nitrogens with one attached hydrogen (secondary N) is 1. The lowest BCUT2D eigenvalue weighted by Crippen LogP contribution is -2.36. The lowest BCUT2D eigenvalue weighted by molar-refractivity contribution is -0.117. The lowest BCUT2D eigenvalue weighted by Gasteiger charge is -2.29. The van der Waals surface area contributed by atoms with Crippen molar-refractivity contribution in [3.63, 3.8) is 0 Å². The van der Waals surface area contributed by atoms with E-state index in [4.69, 9.17) is 4.74 Å². The Hall–Kier alpha value is -1.85. The van der Waals surface area contributed by atoms with E-state index < -0.39 is 0 Å². The Morgan fingerprint density at radius 3 is 2.83 bits per heavy atom. The molecule has 4 rings (SSSR count). The summed E-state index contributed by atoms with van der Waals surface area (Å²) in [4.78, 5) is 17.5. The van der Waals surface area contributed by atoms with Gasteiger partial charge in [0.1, 0.15) is 0 Å². The van der Waals surface area contributed by atoms with Gasteiger partial charge in [0.15, 0.2) is 0 Å². The van der Waals surface area contributed by atoms with E-state index >= 15 is 0 Å². The summed E-state index contributed by atoms with van der Waals surface area (Å²) in [5.74, 6) is 0.673. The third-order valence-electron chi connectivity index (χ3n) is 4.74. The number of hydrogen-bond donors (Lipinski definition) is 1. The van der Waals surface area contributed by atoms with Crippen LogP contribution in [0, 0.1) is 12.8 Å². The molecule has 1 aliphatic heterocycles. The number of carbonyl (C=O) groups excluding carboxylic acids is 1. The summed E-state index contributed by atoms with van der Waals surface area (Å²) in [6.07, 6.45) is 0.967. The molecule has 2 aromatic rings. The molecule has 1 saturated carbocycles. The molecule has 1 aromatic carbocycles. The molecule has 2 aliphatic rings.